The van der Waals surface area contributed by atoms with Crippen LogP contribution in [0.4, 0.5) is 0 Å². The van der Waals surface area contributed by atoms with Crippen molar-refractivity contribution >= 4 is 24.2 Å². The fraction of sp³-hybridized carbons (Fsp3) is 0.818. The molecule has 28 heavy (non-hydrogen) atoms. The van der Waals surface area contributed by atoms with Crippen LogP contribution in [-0.2, 0) is 9.59 Å². The molecule has 4 fully saturated rings. The summed E-state index contributed by atoms with van der Waals surface area (Å²) in [7, 11) is 0. The van der Waals surface area contributed by atoms with Gasteiger partial charge in [0.2, 0.25) is 11.8 Å². The minimum Gasteiger partial charge on any atom is -0.273 e. The van der Waals surface area contributed by atoms with Crippen molar-refractivity contribution in [3.05, 3.63) is 0 Å². The van der Waals surface area contributed by atoms with Gasteiger partial charge in [0.15, 0.2) is 0 Å². The van der Waals surface area contributed by atoms with E-state index in [1.54, 1.807) is 0 Å². The summed E-state index contributed by atoms with van der Waals surface area (Å²) in [6.07, 6.45) is 16.7. The van der Waals surface area contributed by atoms with Crippen LogP contribution in [0.3, 0.4) is 0 Å². The molecule has 4 bridgehead atoms. The molecule has 4 aliphatic rings. The van der Waals surface area contributed by atoms with Crippen LogP contribution < -0.4 is 10.9 Å². The first-order valence-electron chi connectivity index (χ1n) is 11.3. The zero-order valence-corrected chi connectivity index (χ0v) is 16.8. The zero-order valence-electron chi connectivity index (χ0n) is 16.8. The molecule has 0 aromatic rings. The number of carbonyl (C=O) groups is 2. The SMILES string of the molecule is O=C(CCCCC(=O)N/N=C/[C@H]1C[C@H]2CC[C@@H]1C2)N/N=C/[C@@H]1C[C@@H]2CC[C@@H]1C2. The van der Waals surface area contributed by atoms with E-state index in [1.807, 2.05) is 12.4 Å². The molecule has 6 heteroatoms. The number of fused-ring (bicyclic) bond motifs is 4. The summed E-state index contributed by atoms with van der Waals surface area (Å²) in [6, 6.07) is 0. The quantitative estimate of drug-likeness (QED) is 0.360. The van der Waals surface area contributed by atoms with Gasteiger partial charge in [-0.2, -0.15) is 10.2 Å². The van der Waals surface area contributed by atoms with E-state index >= 15 is 0 Å². The van der Waals surface area contributed by atoms with Gasteiger partial charge in [-0.05, 0) is 86.9 Å². The van der Waals surface area contributed by atoms with Gasteiger partial charge in [0.1, 0.15) is 0 Å². The molecule has 4 aliphatic carbocycles. The molecule has 2 amide bonds. The number of hydrazone groups is 2. The van der Waals surface area contributed by atoms with Crippen molar-refractivity contribution in [1.29, 1.82) is 0 Å². The average molecular weight is 387 g/mol. The van der Waals surface area contributed by atoms with E-state index in [0.29, 0.717) is 37.5 Å². The molecule has 4 saturated carbocycles. The van der Waals surface area contributed by atoms with Gasteiger partial charge in [0.25, 0.3) is 0 Å². The molecular weight excluding hydrogens is 352 g/mol. The molecule has 0 aromatic heterocycles. The molecule has 6 nitrogen and oxygen atoms in total. The first kappa shape index (κ1) is 19.6. The maximum Gasteiger partial charge on any atom is 0.240 e. The third-order valence-electron chi connectivity index (χ3n) is 7.55. The Morgan fingerprint density at radius 3 is 1.54 bits per heavy atom. The number of rotatable bonds is 9. The monoisotopic (exact) mass is 386 g/mol. The molecule has 0 radical (unpaired) electrons. The molecule has 0 aliphatic heterocycles. The van der Waals surface area contributed by atoms with Crippen molar-refractivity contribution in [2.75, 3.05) is 0 Å². The van der Waals surface area contributed by atoms with Gasteiger partial charge in [0.05, 0.1) is 0 Å². The van der Waals surface area contributed by atoms with Crippen LogP contribution >= 0.6 is 0 Å². The van der Waals surface area contributed by atoms with Crippen LogP contribution in [0.25, 0.3) is 0 Å². The van der Waals surface area contributed by atoms with Gasteiger partial charge in [-0.1, -0.05) is 12.8 Å². The van der Waals surface area contributed by atoms with Crippen LogP contribution in [0.15, 0.2) is 10.2 Å². The van der Waals surface area contributed by atoms with Crippen LogP contribution in [0.1, 0.15) is 77.0 Å². The van der Waals surface area contributed by atoms with Gasteiger partial charge in [0, 0.05) is 25.3 Å². The van der Waals surface area contributed by atoms with Gasteiger partial charge < -0.3 is 0 Å². The normalized spacial score (nSPS) is 36.0. The third kappa shape index (κ3) is 5.00. The summed E-state index contributed by atoms with van der Waals surface area (Å²) >= 11 is 0. The molecular formula is C22H34N4O2. The molecule has 0 saturated heterocycles. The Kier molecular flexibility index (Phi) is 6.43. The first-order valence-corrected chi connectivity index (χ1v) is 11.3. The summed E-state index contributed by atoms with van der Waals surface area (Å²) < 4.78 is 0. The fourth-order valence-electron chi connectivity index (χ4n) is 6.05. The van der Waals surface area contributed by atoms with E-state index in [9.17, 15) is 9.59 Å². The zero-order chi connectivity index (χ0) is 19.3. The minimum absolute atomic E-state index is 0.0610. The summed E-state index contributed by atoms with van der Waals surface area (Å²) in [5, 5.41) is 8.31. The molecule has 0 aromatic carbocycles. The van der Waals surface area contributed by atoms with Crippen molar-refractivity contribution in [1.82, 2.24) is 10.9 Å². The second kappa shape index (κ2) is 9.19. The fourth-order valence-corrected chi connectivity index (χ4v) is 6.05. The second-order valence-corrected chi connectivity index (χ2v) is 9.51. The lowest BCUT2D eigenvalue weighted by molar-refractivity contribution is -0.123. The van der Waals surface area contributed by atoms with Gasteiger partial charge in [-0.25, -0.2) is 10.9 Å². The summed E-state index contributed by atoms with van der Waals surface area (Å²) in [5.41, 5.74) is 5.28. The number of nitrogens with one attached hydrogen (secondary N) is 2. The molecule has 0 spiro atoms. The van der Waals surface area contributed by atoms with Crippen LogP contribution in [0.2, 0.25) is 0 Å². The highest BCUT2D eigenvalue weighted by atomic mass is 16.2. The van der Waals surface area contributed by atoms with E-state index < -0.39 is 0 Å². The van der Waals surface area contributed by atoms with E-state index in [1.165, 1.54) is 51.4 Å². The Morgan fingerprint density at radius 2 is 1.18 bits per heavy atom. The van der Waals surface area contributed by atoms with Crippen LogP contribution in [-0.4, -0.2) is 24.2 Å². The number of hydrogen-bond acceptors (Lipinski definition) is 4. The van der Waals surface area contributed by atoms with Crippen molar-refractivity contribution in [2.24, 2.45) is 45.7 Å². The lowest BCUT2D eigenvalue weighted by atomic mass is 9.90. The summed E-state index contributed by atoms with van der Waals surface area (Å²) in [5.74, 6) is 4.35. The highest BCUT2D eigenvalue weighted by Gasteiger charge is 2.39. The molecule has 6 atom stereocenters. The van der Waals surface area contributed by atoms with Crippen LogP contribution in [0, 0.1) is 35.5 Å². The predicted octanol–water partition coefficient (Wildman–Crippen LogP) is 3.62. The molecule has 0 heterocycles. The molecule has 4 rings (SSSR count). The third-order valence-corrected chi connectivity index (χ3v) is 7.55. The van der Waals surface area contributed by atoms with Crippen molar-refractivity contribution in [3.63, 3.8) is 0 Å². The highest BCUT2D eigenvalue weighted by Crippen LogP contribution is 2.48. The van der Waals surface area contributed by atoms with Gasteiger partial charge in [-0.3, -0.25) is 9.59 Å². The minimum atomic E-state index is -0.0610. The van der Waals surface area contributed by atoms with Gasteiger partial charge >= 0.3 is 0 Å². The lowest BCUT2D eigenvalue weighted by Gasteiger charge is -2.16. The molecule has 154 valence electrons. The van der Waals surface area contributed by atoms with Gasteiger partial charge in [-0.15, -0.1) is 0 Å². The van der Waals surface area contributed by atoms with Crippen molar-refractivity contribution in [2.45, 2.75) is 77.0 Å². The Bertz CT molecular complexity index is 578. The van der Waals surface area contributed by atoms with Crippen molar-refractivity contribution < 1.29 is 9.59 Å². The Labute approximate surface area is 168 Å². The highest BCUT2D eigenvalue weighted by molar-refractivity contribution is 5.78. The summed E-state index contributed by atoms with van der Waals surface area (Å²) in [4.78, 5) is 23.7. The number of unbranched alkanes of at least 4 members (excludes halogenated alkanes) is 1. The number of hydrogen-bond donors (Lipinski definition) is 2. The first-order chi connectivity index (χ1) is 13.7. The van der Waals surface area contributed by atoms with E-state index in [2.05, 4.69) is 21.1 Å². The predicted molar refractivity (Wildman–Crippen MR) is 110 cm³/mol. The van der Waals surface area contributed by atoms with Crippen LogP contribution in [0.5, 0.6) is 0 Å². The standard InChI is InChI=1S/C22H34N4O2/c27-21(25-23-13-19-11-15-5-7-17(19)9-15)3-1-2-4-22(28)26-24-14-20-12-16-6-8-18(20)10-16/h13-20H,1-12H2,(H,25,27)(H,26,28)/b23-13+,24-14+/t15-,16+,17-,18-,19+,20-/m1/s1. The number of nitrogens with zero attached hydrogens (tertiary/aromatic N) is 2. The number of carbonyl (C=O) groups excluding carboxylic acids is 2. The lowest BCUT2D eigenvalue weighted by Crippen LogP contribution is -2.21. The topological polar surface area (TPSA) is 82.9 Å². The largest absolute Gasteiger partial charge is 0.273 e. The second-order valence-electron chi connectivity index (χ2n) is 9.51. The smallest absolute Gasteiger partial charge is 0.240 e. The average Bonchev–Trinajstić information content (AvgIpc) is 3.46. The van der Waals surface area contributed by atoms with E-state index in [4.69, 9.17) is 0 Å². The number of amides is 2. The Hall–Kier alpha value is -1.72. The Morgan fingerprint density at radius 1 is 0.714 bits per heavy atom. The molecule has 2 N–H and O–H groups in total. The van der Waals surface area contributed by atoms with Crippen molar-refractivity contribution in [3.8, 4) is 0 Å². The maximum atomic E-state index is 11.9. The molecule has 0 unspecified atom stereocenters. The Balaban J connectivity index is 1.03. The van der Waals surface area contributed by atoms with E-state index in [-0.39, 0.29) is 11.8 Å². The summed E-state index contributed by atoms with van der Waals surface area (Å²) in [6.45, 7) is 0. The maximum absolute atomic E-state index is 11.9. The van der Waals surface area contributed by atoms with E-state index in [0.717, 1.165) is 23.7 Å².